The molecule has 1 amide bonds. The summed E-state index contributed by atoms with van der Waals surface area (Å²) >= 11 is 0. The highest BCUT2D eigenvalue weighted by Gasteiger charge is 2.42. The van der Waals surface area contributed by atoms with Crippen LogP contribution in [0.25, 0.3) is 5.57 Å². The summed E-state index contributed by atoms with van der Waals surface area (Å²) in [6.45, 7) is 4.79. The number of ether oxygens (including phenoxy) is 1. The molecule has 2 heterocycles. The molecule has 0 saturated heterocycles. The highest BCUT2D eigenvalue weighted by Crippen LogP contribution is 2.45. The fourth-order valence-corrected chi connectivity index (χ4v) is 3.33. The van der Waals surface area contributed by atoms with E-state index < -0.39 is 0 Å². The Morgan fingerprint density at radius 1 is 1.40 bits per heavy atom. The fourth-order valence-electron chi connectivity index (χ4n) is 3.33. The molecular weight excluding hydrogens is 382 g/mol. The van der Waals surface area contributed by atoms with Crippen LogP contribution in [-0.2, 0) is 9.53 Å². The molecule has 3 rings (SSSR count). The molecule has 2 aliphatic rings. The molecule has 1 aromatic heterocycles. The van der Waals surface area contributed by atoms with E-state index in [0.29, 0.717) is 48.5 Å². The lowest BCUT2D eigenvalue weighted by atomic mass is 10.1. The number of nitrogens with one attached hydrogen (secondary N) is 2. The van der Waals surface area contributed by atoms with Crippen molar-refractivity contribution in [2.75, 3.05) is 20.3 Å². The molecule has 1 saturated carbocycles. The lowest BCUT2D eigenvalue weighted by molar-refractivity contribution is -0.118. The van der Waals surface area contributed by atoms with Gasteiger partial charge in [-0.25, -0.2) is 9.67 Å². The summed E-state index contributed by atoms with van der Waals surface area (Å²) in [5.41, 5.74) is 2.32. The number of amides is 1. The maximum absolute atomic E-state index is 12.7. The number of allylic oxidation sites excluding steroid dienone is 4. The summed E-state index contributed by atoms with van der Waals surface area (Å²) in [4.78, 5) is 29.5. The molecule has 8 heteroatoms. The average Bonchev–Trinajstić information content (AvgIpc) is 3.42. The van der Waals surface area contributed by atoms with Crippen molar-refractivity contribution in [3.8, 4) is 6.07 Å². The second kappa shape index (κ2) is 9.09. The van der Waals surface area contributed by atoms with Crippen LogP contribution in [0.1, 0.15) is 45.1 Å². The molecule has 0 aromatic carbocycles. The van der Waals surface area contributed by atoms with Gasteiger partial charge in [-0.2, -0.15) is 5.26 Å². The van der Waals surface area contributed by atoms with Crippen LogP contribution >= 0.6 is 0 Å². The molecule has 1 aliphatic heterocycles. The van der Waals surface area contributed by atoms with Gasteiger partial charge in [0.2, 0.25) is 5.91 Å². The number of aromatic nitrogens is 2. The number of nitrogens with zero attached hydrogens (tertiary/aromatic N) is 3. The summed E-state index contributed by atoms with van der Waals surface area (Å²) in [7, 11) is 1.68. The Morgan fingerprint density at radius 3 is 2.77 bits per heavy atom. The number of hydrogen-bond acceptors (Lipinski definition) is 5. The van der Waals surface area contributed by atoms with Gasteiger partial charge in [0.15, 0.2) is 0 Å². The molecule has 1 fully saturated rings. The van der Waals surface area contributed by atoms with Crippen LogP contribution in [0.15, 0.2) is 45.5 Å². The zero-order chi connectivity index (χ0) is 21.7. The number of H-pyrrole nitrogens is 1. The molecule has 30 heavy (non-hydrogen) atoms. The maximum atomic E-state index is 12.7. The van der Waals surface area contributed by atoms with Gasteiger partial charge in [-0.1, -0.05) is 6.08 Å². The Morgan fingerprint density at radius 2 is 2.17 bits per heavy atom. The minimum Gasteiger partial charge on any atom is -0.384 e. The van der Waals surface area contributed by atoms with Gasteiger partial charge in [-0.05, 0) is 44.8 Å². The number of methoxy groups -OCH3 is 1. The monoisotopic (exact) mass is 409 g/mol. The summed E-state index contributed by atoms with van der Waals surface area (Å²) in [5.74, 6) is 0.454. The maximum Gasteiger partial charge on any atom is 0.279 e. The number of carbonyl (C=O) groups is 1. The highest BCUT2D eigenvalue weighted by atomic mass is 16.5. The quantitative estimate of drug-likeness (QED) is 0.532. The first kappa shape index (κ1) is 21.5. The van der Waals surface area contributed by atoms with E-state index in [1.54, 1.807) is 38.6 Å². The Bertz CT molecular complexity index is 1040. The third kappa shape index (κ3) is 4.86. The fraction of sp³-hybridized carbons (Fsp3) is 0.455. The van der Waals surface area contributed by atoms with Crippen LogP contribution in [0.2, 0.25) is 0 Å². The van der Waals surface area contributed by atoms with E-state index >= 15 is 0 Å². The predicted octanol–water partition coefficient (Wildman–Crippen LogP) is 2.52. The normalized spacial score (nSPS) is 18.3. The molecule has 8 nitrogen and oxygen atoms in total. The van der Waals surface area contributed by atoms with Crippen LogP contribution in [0, 0.1) is 16.7 Å². The van der Waals surface area contributed by atoms with Crippen LogP contribution in [0.5, 0.6) is 0 Å². The van der Waals surface area contributed by atoms with E-state index in [0.717, 1.165) is 18.4 Å². The van der Waals surface area contributed by atoms with Crippen molar-refractivity contribution in [1.29, 1.82) is 5.26 Å². The first-order valence-corrected chi connectivity index (χ1v) is 9.98. The summed E-state index contributed by atoms with van der Waals surface area (Å²) < 4.78 is 6.63. The van der Waals surface area contributed by atoms with Crippen molar-refractivity contribution >= 4 is 17.3 Å². The molecular formula is C22H27N5O3. The van der Waals surface area contributed by atoms with E-state index in [2.05, 4.69) is 15.4 Å². The molecule has 0 radical (unpaired) electrons. The van der Waals surface area contributed by atoms with E-state index in [4.69, 9.17) is 10.00 Å². The van der Waals surface area contributed by atoms with Crippen molar-refractivity contribution in [1.82, 2.24) is 15.1 Å². The van der Waals surface area contributed by atoms with Gasteiger partial charge in [0, 0.05) is 49.0 Å². The van der Waals surface area contributed by atoms with E-state index in [1.807, 2.05) is 13.0 Å². The Kier molecular flexibility index (Phi) is 6.53. The number of carbonyl (C=O) groups excluding carboxylic acids is 1. The summed E-state index contributed by atoms with van der Waals surface area (Å²) in [6.07, 6.45) is 9.73. The lowest BCUT2D eigenvalue weighted by Gasteiger charge is -2.17. The first-order valence-electron chi connectivity index (χ1n) is 9.98. The van der Waals surface area contributed by atoms with Gasteiger partial charge in [0.05, 0.1) is 18.2 Å². The van der Waals surface area contributed by atoms with E-state index in [1.165, 1.54) is 4.68 Å². The average molecular weight is 409 g/mol. The van der Waals surface area contributed by atoms with Crippen molar-refractivity contribution in [3.63, 3.8) is 0 Å². The molecule has 0 spiro atoms. The molecule has 1 aromatic rings. The number of hydrogen-bond donors (Lipinski definition) is 2. The first-order chi connectivity index (χ1) is 14.4. The lowest BCUT2D eigenvalue weighted by Crippen LogP contribution is -2.34. The molecule has 0 bridgehead atoms. The van der Waals surface area contributed by atoms with Gasteiger partial charge < -0.3 is 10.1 Å². The van der Waals surface area contributed by atoms with Gasteiger partial charge in [-0.15, -0.1) is 0 Å². The molecule has 0 unspecified atom stereocenters. The van der Waals surface area contributed by atoms with E-state index in [-0.39, 0.29) is 16.9 Å². The second-order valence-corrected chi connectivity index (χ2v) is 7.95. The number of aliphatic imine (C=N–C) groups is 1. The molecule has 2 N–H and O–H groups in total. The minimum atomic E-state index is -0.206. The van der Waals surface area contributed by atoms with Gasteiger partial charge in [0.25, 0.3) is 5.56 Å². The smallest absolute Gasteiger partial charge is 0.279 e. The van der Waals surface area contributed by atoms with Gasteiger partial charge in [-0.3, -0.25) is 14.7 Å². The van der Waals surface area contributed by atoms with Crippen LogP contribution in [-0.4, -0.2) is 41.8 Å². The summed E-state index contributed by atoms with van der Waals surface area (Å²) in [6, 6.07) is 2.04. The van der Waals surface area contributed by atoms with E-state index in [9.17, 15) is 9.59 Å². The Hall–Kier alpha value is -3.18. The highest BCUT2D eigenvalue weighted by molar-refractivity contribution is 5.96. The van der Waals surface area contributed by atoms with Crippen molar-refractivity contribution < 1.29 is 9.53 Å². The molecule has 158 valence electrons. The van der Waals surface area contributed by atoms with Crippen molar-refractivity contribution in [2.45, 2.75) is 39.5 Å². The standard InChI is InChI=1S/C22H27N5O3/c1-15(10-23)4-5-16(2)18-12-26-27(21(18)29)19-7-6-17(11-24-19)20(28)25-13-22(8-9-22)14-30-3/h4-5,11-12,26H,6-9,13-14H2,1-3H3,(H,25,28)/b15-4+,16-5+. The van der Waals surface area contributed by atoms with Crippen LogP contribution < -0.4 is 10.9 Å². The third-order valence-corrected chi connectivity index (χ3v) is 5.52. The van der Waals surface area contributed by atoms with Gasteiger partial charge in [0.1, 0.15) is 5.84 Å². The SMILES string of the molecule is COCC1(CNC(=O)C2=CN=C(n3[nH]cc(/C(C)=C/C=C(\C)C#N)c3=O)CC2)CC1. The zero-order valence-electron chi connectivity index (χ0n) is 17.6. The predicted molar refractivity (Wildman–Crippen MR) is 115 cm³/mol. The number of rotatable bonds is 7. The molecule has 1 aliphatic carbocycles. The number of nitriles is 1. The Labute approximate surface area is 175 Å². The zero-order valence-corrected chi connectivity index (χ0v) is 17.6. The van der Waals surface area contributed by atoms with Crippen molar-refractivity contribution in [2.24, 2.45) is 10.4 Å². The third-order valence-electron chi connectivity index (χ3n) is 5.52. The second-order valence-electron chi connectivity index (χ2n) is 7.95. The van der Waals surface area contributed by atoms with Gasteiger partial charge >= 0.3 is 0 Å². The van der Waals surface area contributed by atoms with Crippen LogP contribution in [0.4, 0.5) is 0 Å². The van der Waals surface area contributed by atoms with Crippen LogP contribution in [0.3, 0.4) is 0 Å². The topological polar surface area (TPSA) is 112 Å². The minimum absolute atomic E-state index is 0.0916. The summed E-state index contributed by atoms with van der Waals surface area (Å²) in [5, 5.41) is 14.8. The van der Waals surface area contributed by atoms with Crippen molar-refractivity contribution in [3.05, 3.63) is 51.6 Å². The Balaban J connectivity index is 1.68. The molecule has 0 atom stereocenters. The number of aromatic amines is 1. The largest absolute Gasteiger partial charge is 0.384 e.